The van der Waals surface area contributed by atoms with E-state index in [2.05, 4.69) is 4.90 Å². The Kier molecular flexibility index (Phi) is 5.04. The fraction of sp³-hybridized carbons (Fsp3) is 0.444. The molecule has 1 aliphatic rings. The van der Waals surface area contributed by atoms with Gasteiger partial charge in [0, 0.05) is 23.5 Å². The van der Waals surface area contributed by atoms with Gasteiger partial charge in [-0.1, -0.05) is 12.1 Å². The number of hydrogen-bond acceptors (Lipinski definition) is 6. The van der Waals surface area contributed by atoms with Crippen molar-refractivity contribution >= 4 is 22.4 Å². The van der Waals surface area contributed by atoms with Crippen molar-refractivity contribution in [2.24, 2.45) is 5.92 Å². The maximum absolute atomic E-state index is 11.8. The average Bonchev–Trinajstić information content (AvgIpc) is 2.97. The minimum atomic E-state index is -0.0811. The van der Waals surface area contributed by atoms with Crippen molar-refractivity contribution in [3.63, 3.8) is 0 Å². The van der Waals surface area contributed by atoms with E-state index in [1.54, 1.807) is 17.4 Å². The summed E-state index contributed by atoms with van der Waals surface area (Å²) >= 11 is 1.63. The molecule has 0 amide bonds. The van der Waals surface area contributed by atoms with Crippen molar-refractivity contribution in [1.29, 1.82) is 0 Å². The van der Waals surface area contributed by atoms with Gasteiger partial charge in [0.15, 0.2) is 5.13 Å². The van der Waals surface area contributed by atoms with Crippen LogP contribution < -0.4 is 4.90 Å². The molecule has 2 aromatic rings. The molecule has 1 aromatic carbocycles. The Morgan fingerprint density at radius 1 is 1.38 bits per heavy atom. The fourth-order valence-corrected chi connectivity index (χ4v) is 3.98. The summed E-state index contributed by atoms with van der Waals surface area (Å²) in [5.41, 5.74) is 1.60. The average molecular weight is 346 g/mol. The number of carbonyl (C=O) groups excluding carboxylic acids is 1. The highest BCUT2D eigenvalue weighted by molar-refractivity contribution is 7.16. The van der Waals surface area contributed by atoms with E-state index in [9.17, 15) is 9.90 Å². The molecular formula is C18H22N2O3S. The van der Waals surface area contributed by atoms with Crippen molar-refractivity contribution in [3.8, 4) is 17.0 Å². The Morgan fingerprint density at radius 2 is 2.08 bits per heavy atom. The number of phenols is 1. The molecule has 1 N–H and O–H groups in total. The van der Waals surface area contributed by atoms with Gasteiger partial charge in [-0.15, -0.1) is 11.3 Å². The van der Waals surface area contributed by atoms with Gasteiger partial charge in [-0.2, -0.15) is 0 Å². The van der Waals surface area contributed by atoms with Crippen LogP contribution in [-0.2, 0) is 9.53 Å². The lowest BCUT2D eigenvalue weighted by Gasteiger charge is -2.30. The lowest BCUT2D eigenvalue weighted by Crippen LogP contribution is -2.36. The lowest BCUT2D eigenvalue weighted by molar-refractivity contribution is -0.148. The van der Waals surface area contributed by atoms with Crippen LogP contribution >= 0.6 is 11.3 Å². The van der Waals surface area contributed by atoms with E-state index in [-0.39, 0.29) is 17.6 Å². The van der Waals surface area contributed by atoms with E-state index < -0.39 is 0 Å². The molecule has 0 radical (unpaired) electrons. The van der Waals surface area contributed by atoms with Gasteiger partial charge >= 0.3 is 5.97 Å². The number of hydrogen-bond donors (Lipinski definition) is 1. The maximum Gasteiger partial charge on any atom is 0.309 e. The first kappa shape index (κ1) is 16.8. The van der Waals surface area contributed by atoms with Gasteiger partial charge < -0.3 is 14.7 Å². The second-order valence-corrected chi connectivity index (χ2v) is 7.11. The number of piperidine rings is 1. The quantitative estimate of drug-likeness (QED) is 0.857. The highest BCUT2D eigenvalue weighted by Gasteiger charge is 2.27. The molecular weight excluding hydrogens is 324 g/mol. The SMILES string of the molecule is CCOC(=O)C1CCN(c2nc(-c3ccccc3O)c(C)s2)CC1. The summed E-state index contributed by atoms with van der Waals surface area (Å²) in [5.74, 6) is 0.167. The van der Waals surface area contributed by atoms with Crippen LogP contribution in [0.1, 0.15) is 24.6 Å². The zero-order chi connectivity index (χ0) is 17.1. The van der Waals surface area contributed by atoms with Crippen molar-refractivity contribution in [3.05, 3.63) is 29.1 Å². The molecule has 1 aliphatic heterocycles. The van der Waals surface area contributed by atoms with Crippen LogP contribution in [0.4, 0.5) is 5.13 Å². The molecule has 3 rings (SSSR count). The normalized spacial score (nSPS) is 15.5. The molecule has 0 bridgehead atoms. The maximum atomic E-state index is 11.8. The van der Waals surface area contributed by atoms with Crippen LogP contribution in [0.15, 0.2) is 24.3 Å². The Bertz CT molecular complexity index is 721. The topological polar surface area (TPSA) is 62.7 Å². The van der Waals surface area contributed by atoms with Crippen LogP contribution in [0, 0.1) is 12.8 Å². The monoisotopic (exact) mass is 346 g/mol. The van der Waals surface area contributed by atoms with Gasteiger partial charge in [-0.05, 0) is 38.8 Å². The third-order valence-electron chi connectivity index (χ3n) is 4.33. The third-order valence-corrected chi connectivity index (χ3v) is 5.36. The first-order valence-corrected chi connectivity index (χ1v) is 9.09. The molecule has 1 aromatic heterocycles. The fourth-order valence-electron chi connectivity index (χ4n) is 3.01. The summed E-state index contributed by atoms with van der Waals surface area (Å²) in [6.45, 7) is 5.90. The Hall–Kier alpha value is -2.08. The van der Waals surface area contributed by atoms with Crippen molar-refractivity contribution in [2.75, 3.05) is 24.6 Å². The molecule has 0 unspecified atom stereocenters. The predicted molar refractivity (Wildman–Crippen MR) is 95.5 cm³/mol. The van der Waals surface area contributed by atoms with Crippen molar-refractivity contribution in [2.45, 2.75) is 26.7 Å². The van der Waals surface area contributed by atoms with Gasteiger partial charge in [0.1, 0.15) is 5.75 Å². The predicted octanol–water partition coefficient (Wildman–Crippen LogP) is 3.60. The number of thiazole rings is 1. The highest BCUT2D eigenvalue weighted by Crippen LogP contribution is 2.37. The standard InChI is InChI=1S/C18H22N2O3S/c1-3-23-17(22)13-8-10-20(11-9-13)18-19-16(12(2)24-18)14-6-4-5-7-15(14)21/h4-7,13,21H,3,8-11H2,1-2H3. The van der Waals surface area contributed by atoms with E-state index in [1.807, 2.05) is 32.0 Å². The summed E-state index contributed by atoms with van der Waals surface area (Å²) in [6, 6.07) is 7.27. The van der Waals surface area contributed by atoms with E-state index in [0.29, 0.717) is 6.61 Å². The zero-order valence-electron chi connectivity index (χ0n) is 14.0. The van der Waals surface area contributed by atoms with Crippen LogP contribution in [0.3, 0.4) is 0 Å². The summed E-state index contributed by atoms with van der Waals surface area (Å²) in [6.07, 6.45) is 1.59. The Morgan fingerprint density at radius 3 is 2.75 bits per heavy atom. The molecule has 128 valence electrons. The molecule has 2 heterocycles. The van der Waals surface area contributed by atoms with Gasteiger partial charge in [-0.25, -0.2) is 4.98 Å². The zero-order valence-corrected chi connectivity index (χ0v) is 14.8. The summed E-state index contributed by atoms with van der Waals surface area (Å²) in [5, 5.41) is 11.0. The largest absolute Gasteiger partial charge is 0.507 e. The number of aryl methyl sites for hydroxylation is 1. The van der Waals surface area contributed by atoms with E-state index >= 15 is 0 Å². The Labute approximate surface area is 145 Å². The number of anilines is 1. The van der Waals surface area contributed by atoms with Gasteiger partial charge in [-0.3, -0.25) is 4.79 Å². The molecule has 5 nitrogen and oxygen atoms in total. The summed E-state index contributed by atoms with van der Waals surface area (Å²) < 4.78 is 5.12. The second kappa shape index (κ2) is 7.21. The first-order chi connectivity index (χ1) is 11.6. The molecule has 0 saturated carbocycles. The molecule has 24 heavy (non-hydrogen) atoms. The summed E-state index contributed by atoms with van der Waals surface area (Å²) in [7, 11) is 0. The smallest absolute Gasteiger partial charge is 0.309 e. The van der Waals surface area contributed by atoms with Gasteiger partial charge in [0.2, 0.25) is 0 Å². The number of para-hydroxylation sites is 1. The van der Waals surface area contributed by atoms with Crippen LogP contribution in [0.2, 0.25) is 0 Å². The number of rotatable bonds is 4. The van der Waals surface area contributed by atoms with Crippen molar-refractivity contribution in [1.82, 2.24) is 4.98 Å². The van der Waals surface area contributed by atoms with Crippen molar-refractivity contribution < 1.29 is 14.6 Å². The number of aromatic hydroxyl groups is 1. The van der Waals surface area contributed by atoms with Gasteiger partial charge in [0.25, 0.3) is 0 Å². The molecule has 1 fully saturated rings. The molecule has 6 heteroatoms. The minimum absolute atomic E-state index is 0.0000950. The molecule has 0 atom stereocenters. The molecule has 1 saturated heterocycles. The number of phenolic OH excluding ortho intramolecular Hbond substituents is 1. The second-order valence-electron chi connectivity index (χ2n) is 5.93. The van der Waals surface area contributed by atoms with Crippen LogP contribution in [-0.4, -0.2) is 35.8 Å². The number of ether oxygens (including phenoxy) is 1. The van der Waals surface area contributed by atoms with Crippen LogP contribution in [0.25, 0.3) is 11.3 Å². The molecule has 0 spiro atoms. The number of nitrogens with zero attached hydrogens (tertiary/aromatic N) is 2. The van der Waals surface area contributed by atoms with Gasteiger partial charge in [0.05, 0.1) is 18.2 Å². The minimum Gasteiger partial charge on any atom is -0.507 e. The van der Waals surface area contributed by atoms with Crippen LogP contribution in [0.5, 0.6) is 5.75 Å². The summed E-state index contributed by atoms with van der Waals surface area (Å²) in [4.78, 5) is 19.9. The third kappa shape index (κ3) is 3.38. The number of aromatic nitrogens is 1. The van der Waals surface area contributed by atoms with E-state index in [1.165, 1.54) is 0 Å². The lowest BCUT2D eigenvalue weighted by atomic mass is 9.97. The Balaban J connectivity index is 1.73. The first-order valence-electron chi connectivity index (χ1n) is 8.27. The number of benzene rings is 1. The van der Waals surface area contributed by atoms with E-state index in [4.69, 9.17) is 9.72 Å². The highest BCUT2D eigenvalue weighted by atomic mass is 32.1. The molecule has 0 aliphatic carbocycles. The number of carbonyl (C=O) groups is 1. The number of esters is 1. The van der Waals surface area contributed by atoms with E-state index in [0.717, 1.165) is 47.2 Å².